The van der Waals surface area contributed by atoms with E-state index >= 15 is 0 Å². The highest BCUT2D eigenvalue weighted by Crippen LogP contribution is 2.27. The minimum Gasteiger partial charge on any atom is -0.459 e. The lowest BCUT2D eigenvalue weighted by atomic mass is 10.2. The van der Waals surface area contributed by atoms with Gasteiger partial charge >= 0.3 is 5.97 Å². The number of carbonyl (C=O) groups excluding carboxylic acids is 2. The van der Waals surface area contributed by atoms with Gasteiger partial charge in [-0.1, -0.05) is 0 Å². The Morgan fingerprint density at radius 1 is 1.52 bits per heavy atom. The minimum absolute atomic E-state index is 0.146. The second-order valence-corrected chi connectivity index (χ2v) is 6.78. The van der Waals surface area contributed by atoms with Crippen LogP contribution in [-0.2, 0) is 19.1 Å². The van der Waals surface area contributed by atoms with Crippen molar-refractivity contribution in [3.8, 4) is 0 Å². The Labute approximate surface area is 146 Å². The summed E-state index contributed by atoms with van der Waals surface area (Å²) in [5.74, 6) is -1.02. The van der Waals surface area contributed by atoms with Crippen molar-refractivity contribution in [1.29, 1.82) is 0 Å². The van der Waals surface area contributed by atoms with E-state index in [2.05, 4.69) is 5.32 Å². The van der Waals surface area contributed by atoms with Crippen molar-refractivity contribution in [2.75, 3.05) is 29.9 Å². The van der Waals surface area contributed by atoms with E-state index in [-0.39, 0.29) is 24.9 Å². The maximum Gasteiger partial charge on any atom is 0.325 e. The van der Waals surface area contributed by atoms with E-state index in [0.717, 1.165) is 0 Å². The van der Waals surface area contributed by atoms with Crippen LogP contribution >= 0.6 is 0 Å². The highest BCUT2D eigenvalue weighted by molar-refractivity contribution is 5.76. The number of nitrogens with zero attached hydrogens (tertiary/aromatic N) is 1. The zero-order chi connectivity index (χ0) is 18.6. The average Bonchev–Trinajstić information content (AvgIpc) is 2.95. The van der Waals surface area contributed by atoms with Crippen LogP contribution in [0.1, 0.15) is 20.8 Å². The second kappa shape index (κ2) is 7.79. The maximum atomic E-state index is 14.3. The molecule has 1 aromatic rings. The van der Waals surface area contributed by atoms with Crippen LogP contribution in [0.4, 0.5) is 15.8 Å². The lowest BCUT2D eigenvalue weighted by Crippen LogP contribution is -2.31. The number of aldehydes is 1. The van der Waals surface area contributed by atoms with Crippen molar-refractivity contribution in [2.24, 2.45) is 5.73 Å². The summed E-state index contributed by atoms with van der Waals surface area (Å²) in [5.41, 5.74) is 5.65. The van der Waals surface area contributed by atoms with Gasteiger partial charge in [0.05, 0.1) is 11.8 Å². The number of rotatable bonds is 6. The maximum absolute atomic E-state index is 14.3. The van der Waals surface area contributed by atoms with Crippen LogP contribution in [0.3, 0.4) is 0 Å². The van der Waals surface area contributed by atoms with Crippen molar-refractivity contribution in [3.05, 3.63) is 24.0 Å². The van der Waals surface area contributed by atoms with Gasteiger partial charge in [0.25, 0.3) is 0 Å². The number of esters is 1. The molecule has 1 aromatic carbocycles. The Balaban J connectivity index is 2.03. The van der Waals surface area contributed by atoms with Crippen LogP contribution in [-0.4, -0.2) is 49.8 Å². The first-order chi connectivity index (χ1) is 11.7. The first-order valence-electron chi connectivity index (χ1n) is 8.06. The fourth-order valence-electron chi connectivity index (χ4n) is 2.50. The number of carbonyl (C=O) groups is 2. The number of hydrogen-bond acceptors (Lipinski definition) is 7. The number of ether oxygens (including phenoxy) is 2. The second-order valence-electron chi connectivity index (χ2n) is 6.78. The number of hydrogen-bond donors (Lipinski definition) is 2. The van der Waals surface area contributed by atoms with E-state index in [9.17, 15) is 14.0 Å². The molecule has 2 rings (SSSR count). The molecular weight excluding hydrogens is 329 g/mol. The summed E-state index contributed by atoms with van der Waals surface area (Å²) < 4.78 is 24.9. The summed E-state index contributed by atoms with van der Waals surface area (Å²) in [4.78, 5) is 24.5. The molecule has 1 heterocycles. The van der Waals surface area contributed by atoms with Crippen molar-refractivity contribution >= 4 is 23.6 Å². The standard InChI is InChI=1S/C17H24FN3O4/c1-17(2,3)25-16(23)8-20-14-5-4-11(6-13(14)18)21-9-12(7-19)24-15(21)10-22/h4-6,10,12,15,20H,7-9,19H2,1-3H3/t12-,15?/m0/s1. The lowest BCUT2D eigenvalue weighted by Gasteiger charge is -2.22. The van der Waals surface area contributed by atoms with Gasteiger partial charge in [0.1, 0.15) is 18.0 Å². The first-order valence-corrected chi connectivity index (χ1v) is 8.06. The number of halogens is 1. The molecule has 138 valence electrons. The van der Waals surface area contributed by atoms with Crippen LogP contribution in [0.5, 0.6) is 0 Å². The number of benzene rings is 1. The summed E-state index contributed by atoms with van der Waals surface area (Å²) in [7, 11) is 0. The molecule has 0 aliphatic carbocycles. The number of nitrogens with two attached hydrogens (primary N) is 1. The van der Waals surface area contributed by atoms with Gasteiger partial charge in [0.15, 0.2) is 12.5 Å². The average molecular weight is 353 g/mol. The molecule has 0 saturated carbocycles. The van der Waals surface area contributed by atoms with Crippen LogP contribution < -0.4 is 16.0 Å². The molecular formula is C17H24FN3O4. The van der Waals surface area contributed by atoms with Gasteiger partial charge in [-0.15, -0.1) is 0 Å². The highest BCUT2D eigenvalue weighted by atomic mass is 19.1. The molecule has 8 heteroatoms. The van der Waals surface area contributed by atoms with Crippen molar-refractivity contribution < 1.29 is 23.5 Å². The molecule has 1 aliphatic rings. The Hall–Kier alpha value is -2.19. The van der Waals surface area contributed by atoms with E-state index in [1.807, 2.05) is 0 Å². The monoisotopic (exact) mass is 353 g/mol. The van der Waals surface area contributed by atoms with Gasteiger partial charge in [-0.05, 0) is 39.0 Å². The predicted octanol–water partition coefficient (Wildman–Crippen LogP) is 1.27. The van der Waals surface area contributed by atoms with Crippen molar-refractivity contribution in [1.82, 2.24) is 0 Å². The normalized spacial score (nSPS) is 20.4. The van der Waals surface area contributed by atoms with E-state index < -0.39 is 23.6 Å². The summed E-state index contributed by atoms with van der Waals surface area (Å²) in [6.07, 6.45) is -0.404. The van der Waals surface area contributed by atoms with Crippen molar-refractivity contribution in [2.45, 2.75) is 38.7 Å². The molecule has 0 amide bonds. The fraction of sp³-hybridized carbons (Fsp3) is 0.529. The van der Waals surface area contributed by atoms with E-state index in [1.54, 1.807) is 31.7 Å². The first kappa shape index (κ1) is 19.1. The van der Waals surface area contributed by atoms with Gasteiger partial charge < -0.3 is 25.4 Å². The van der Waals surface area contributed by atoms with E-state index in [4.69, 9.17) is 15.2 Å². The molecule has 2 atom stereocenters. The molecule has 7 nitrogen and oxygen atoms in total. The molecule has 3 N–H and O–H groups in total. The van der Waals surface area contributed by atoms with Crippen molar-refractivity contribution in [3.63, 3.8) is 0 Å². The van der Waals surface area contributed by atoms with Crippen LogP contribution in [0.15, 0.2) is 18.2 Å². The molecule has 1 aliphatic heterocycles. The Bertz CT molecular complexity index is 633. The Kier molecular flexibility index (Phi) is 5.97. The largest absolute Gasteiger partial charge is 0.459 e. The van der Waals surface area contributed by atoms with Gasteiger partial charge in [-0.3, -0.25) is 9.59 Å². The molecule has 25 heavy (non-hydrogen) atoms. The Morgan fingerprint density at radius 3 is 2.80 bits per heavy atom. The molecule has 1 saturated heterocycles. The van der Waals surface area contributed by atoms with E-state index in [1.165, 1.54) is 12.1 Å². The van der Waals surface area contributed by atoms with Crippen LogP contribution in [0, 0.1) is 5.82 Å². The lowest BCUT2D eigenvalue weighted by molar-refractivity contribution is -0.152. The topological polar surface area (TPSA) is 93.9 Å². The van der Waals surface area contributed by atoms with Crippen LogP contribution in [0.2, 0.25) is 0 Å². The Morgan fingerprint density at radius 2 is 2.24 bits per heavy atom. The zero-order valence-corrected chi connectivity index (χ0v) is 14.6. The molecule has 0 spiro atoms. The number of anilines is 2. The number of nitrogens with one attached hydrogen (secondary N) is 1. The summed E-state index contributed by atoms with van der Waals surface area (Å²) in [6, 6.07) is 4.45. The molecule has 0 aromatic heterocycles. The minimum atomic E-state index is -0.784. The summed E-state index contributed by atoms with van der Waals surface area (Å²) in [6.45, 7) is 5.82. The zero-order valence-electron chi connectivity index (χ0n) is 14.6. The summed E-state index contributed by atoms with van der Waals surface area (Å²) in [5, 5.41) is 2.71. The third-order valence-electron chi connectivity index (χ3n) is 3.55. The summed E-state index contributed by atoms with van der Waals surface area (Å²) >= 11 is 0. The fourth-order valence-corrected chi connectivity index (χ4v) is 2.50. The molecule has 0 bridgehead atoms. The smallest absolute Gasteiger partial charge is 0.325 e. The quantitative estimate of drug-likeness (QED) is 0.587. The van der Waals surface area contributed by atoms with Gasteiger partial charge in [0, 0.05) is 18.8 Å². The van der Waals surface area contributed by atoms with E-state index in [0.29, 0.717) is 18.5 Å². The SMILES string of the molecule is CC(C)(C)OC(=O)CNc1ccc(N2C[C@H](CN)OC2C=O)cc1F. The van der Waals surface area contributed by atoms with Gasteiger partial charge in [-0.2, -0.15) is 0 Å². The van der Waals surface area contributed by atoms with Gasteiger partial charge in [-0.25, -0.2) is 4.39 Å². The molecule has 1 fully saturated rings. The molecule has 0 radical (unpaired) electrons. The predicted molar refractivity (Wildman–Crippen MR) is 91.9 cm³/mol. The van der Waals surface area contributed by atoms with Gasteiger partial charge in [0.2, 0.25) is 0 Å². The highest BCUT2D eigenvalue weighted by Gasteiger charge is 2.32. The van der Waals surface area contributed by atoms with Crippen LogP contribution in [0.25, 0.3) is 0 Å². The third-order valence-corrected chi connectivity index (χ3v) is 3.55. The molecule has 1 unspecified atom stereocenters. The third kappa shape index (κ3) is 5.14.